The summed E-state index contributed by atoms with van der Waals surface area (Å²) in [7, 11) is 0. The number of ether oxygens (including phenoxy) is 2. The maximum Gasteiger partial charge on any atom is 0.255 e. The third-order valence-corrected chi connectivity index (χ3v) is 5.67. The van der Waals surface area contributed by atoms with Gasteiger partial charge in [-0.2, -0.15) is 5.10 Å². The smallest absolute Gasteiger partial charge is 0.255 e. The van der Waals surface area contributed by atoms with Gasteiger partial charge in [0.05, 0.1) is 34.4 Å². The van der Waals surface area contributed by atoms with Crippen LogP contribution >= 0.6 is 11.6 Å². The maximum absolute atomic E-state index is 12.9. The number of hydrogen-bond donors (Lipinski definition) is 1. The van der Waals surface area contributed by atoms with Crippen LogP contribution in [0.2, 0.25) is 5.02 Å². The molecule has 2 heterocycles. The van der Waals surface area contributed by atoms with E-state index in [1.807, 2.05) is 52.0 Å². The Hall–Kier alpha value is -2.99. The molecule has 1 aliphatic heterocycles. The van der Waals surface area contributed by atoms with E-state index in [9.17, 15) is 4.79 Å². The van der Waals surface area contributed by atoms with E-state index in [1.54, 1.807) is 16.8 Å². The molecule has 4 rings (SSSR count). The average Bonchev–Trinajstić information content (AvgIpc) is 3.21. The van der Waals surface area contributed by atoms with E-state index in [4.69, 9.17) is 21.1 Å². The maximum atomic E-state index is 12.9. The molecule has 1 N–H and O–H groups in total. The zero-order valence-electron chi connectivity index (χ0n) is 17.5. The largest absolute Gasteiger partial charge is 0.492 e. The average molecular weight is 426 g/mol. The van der Waals surface area contributed by atoms with Gasteiger partial charge in [0, 0.05) is 23.6 Å². The number of aryl methyl sites for hydroxylation is 1. The van der Waals surface area contributed by atoms with Gasteiger partial charge in [-0.15, -0.1) is 0 Å². The summed E-state index contributed by atoms with van der Waals surface area (Å²) < 4.78 is 13.3. The Morgan fingerprint density at radius 3 is 2.67 bits per heavy atom. The topological polar surface area (TPSA) is 65.4 Å². The molecule has 156 valence electrons. The molecule has 0 saturated carbocycles. The van der Waals surface area contributed by atoms with Crippen LogP contribution in [0.3, 0.4) is 0 Å². The molecule has 1 atom stereocenters. The number of aromatic nitrogens is 2. The fraction of sp³-hybridized carbons (Fsp3) is 0.304. The van der Waals surface area contributed by atoms with Crippen molar-refractivity contribution < 1.29 is 14.3 Å². The Bertz CT molecular complexity index is 1110. The van der Waals surface area contributed by atoms with Gasteiger partial charge in [0.2, 0.25) is 0 Å². The molecule has 1 unspecified atom stereocenters. The van der Waals surface area contributed by atoms with Gasteiger partial charge < -0.3 is 14.8 Å². The van der Waals surface area contributed by atoms with Crippen molar-refractivity contribution in [3.8, 4) is 17.2 Å². The number of nitrogens with one attached hydrogen (secondary N) is 1. The quantitative estimate of drug-likeness (QED) is 0.616. The van der Waals surface area contributed by atoms with Gasteiger partial charge in [-0.1, -0.05) is 11.6 Å². The molecule has 2 aromatic carbocycles. The number of hydrogen-bond acceptors (Lipinski definition) is 4. The fourth-order valence-corrected chi connectivity index (χ4v) is 3.75. The standard InChI is InChI=1S/C23H24ClN3O3/c1-5-29-21-11-17-10-13(2)30-20(17)12-19(21)25-23(28)16-6-8-18(9-7-16)27-15(4)22(24)14(3)26-27/h6-9,11-13H,5,10H2,1-4H3,(H,25,28). The number of fused-ring (bicyclic) bond motifs is 1. The summed E-state index contributed by atoms with van der Waals surface area (Å²) in [6, 6.07) is 11.0. The number of carbonyl (C=O) groups is 1. The van der Waals surface area contributed by atoms with Crippen molar-refractivity contribution in [3.63, 3.8) is 0 Å². The lowest BCUT2D eigenvalue weighted by Gasteiger charge is -2.14. The minimum atomic E-state index is -0.222. The van der Waals surface area contributed by atoms with Crippen molar-refractivity contribution >= 4 is 23.2 Å². The molecule has 1 aliphatic rings. The number of halogens is 1. The number of amides is 1. The predicted molar refractivity (Wildman–Crippen MR) is 117 cm³/mol. The highest BCUT2D eigenvalue weighted by molar-refractivity contribution is 6.31. The first-order valence-corrected chi connectivity index (χ1v) is 10.3. The monoisotopic (exact) mass is 425 g/mol. The number of carbonyl (C=O) groups excluding carboxylic acids is 1. The highest BCUT2D eigenvalue weighted by Crippen LogP contribution is 2.38. The molecule has 3 aromatic rings. The second kappa shape index (κ2) is 8.03. The molecule has 7 heteroatoms. The molecule has 30 heavy (non-hydrogen) atoms. The van der Waals surface area contributed by atoms with Crippen LogP contribution in [0.15, 0.2) is 36.4 Å². The zero-order valence-corrected chi connectivity index (χ0v) is 18.2. The minimum absolute atomic E-state index is 0.121. The van der Waals surface area contributed by atoms with E-state index in [-0.39, 0.29) is 12.0 Å². The van der Waals surface area contributed by atoms with Crippen LogP contribution in [0, 0.1) is 13.8 Å². The van der Waals surface area contributed by atoms with Crippen molar-refractivity contribution in [1.29, 1.82) is 0 Å². The van der Waals surface area contributed by atoms with Gasteiger partial charge in [-0.25, -0.2) is 4.68 Å². The number of anilines is 1. The first kappa shape index (κ1) is 20.3. The molecule has 0 saturated heterocycles. The molecular weight excluding hydrogens is 402 g/mol. The Kier molecular flexibility index (Phi) is 5.43. The molecule has 0 bridgehead atoms. The number of rotatable bonds is 5. The van der Waals surface area contributed by atoms with Crippen molar-refractivity contribution in [3.05, 3.63) is 63.9 Å². The molecule has 0 spiro atoms. The van der Waals surface area contributed by atoms with E-state index < -0.39 is 0 Å². The van der Waals surface area contributed by atoms with Crippen LogP contribution < -0.4 is 14.8 Å². The Morgan fingerprint density at radius 2 is 2.03 bits per heavy atom. The van der Waals surface area contributed by atoms with Gasteiger partial charge >= 0.3 is 0 Å². The summed E-state index contributed by atoms with van der Waals surface area (Å²) in [5.74, 6) is 1.22. The predicted octanol–water partition coefficient (Wildman–Crippen LogP) is 5.12. The van der Waals surface area contributed by atoms with E-state index >= 15 is 0 Å². The first-order chi connectivity index (χ1) is 14.4. The molecule has 1 aromatic heterocycles. The van der Waals surface area contributed by atoms with Crippen molar-refractivity contribution in [2.24, 2.45) is 0 Å². The molecular formula is C23H24ClN3O3. The van der Waals surface area contributed by atoms with Crippen LogP contribution in [-0.2, 0) is 6.42 Å². The van der Waals surface area contributed by atoms with E-state index in [1.165, 1.54) is 0 Å². The minimum Gasteiger partial charge on any atom is -0.492 e. The molecule has 0 radical (unpaired) electrons. The lowest BCUT2D eigenvalue weighted by Crippen LogP contribution is -2.13. The summed E-state index contributed by atoms with van der Waals surface area (Å²) in [4.78, 5) is 12.9. The van der Waals surface area contributed by atoms with E-state index in [0.717, 1.165) is 34.8 Å². The van der Waals surface area contributed by atoms with Crippen LogP contribution in [0.1, 0.15) is 41.2 Å². The summed E-state index contributed by atoms with van der Waals surface area (Å²) in [5.41, 5.74) is 4.70. The van der Waals surface area contributed by atoms with Crippen molar-refractivity contribution in [1.82, 2.24) is 9.78 Å². The SMILES string of the molecule is CCOc1cc2c(cc1NC(=O)c1ccc(-n3nc(C)c(Cl)c3C)cc1)OC(C)C2. The second-order valence-corrected chi connectivity index (χ2v) is 7.80. The summed E-state index contributed by atoms with van der Waals surface area (Å²) in [5, 5.41) is 8.05. The lowest BCUT2D eigenvalue weighted by molar-refractivity contribution is 0.102. The Morgan fingerprint density at radius 1 is 1.30 bits per heavy atom. The van der Waals surface area contributed by atoms with Crippen LogP contribution in [0.5, 0.6) is 11.5 Å². The highest BCUT2D eigenvalue weighted by atomic mass is 35.5. The highest BCUT2D eigenvalue weighted by Gasteiger charge is 2.23. The van der Waals surface area contributed by atoms with E-state index in [2.05, 4.69) is 10.4 Å². The lowest BCUT2D eigenvalue weighted by atomic mass is 10.1. The first-order valence-electron chi connectivity index (χ1n) is 9.97. The summed E-state index contributed by atoms with van der Waals surface area (Å²) in [6.07, 6.45) is 0.956. The van der Waals surface area contributed by atoms with Crippen LogP contribution in [-0.4, -0.2) is 28.4 Å². The Labute approximate surface area is 180 Å². The third kappa shape index (κ3) is 3.75. The molecule has 0 fully saturated rings. The Balaban J connectivity index is 1.57. The van der Waals surface area contributed by atoms with Gasteiger partial charge in [-0.05, 0) is 58.0 Å². The third-order valence-electron chi connectivity index (χ3n) is 5.12. The molecule has 6 nitrogen and oxygen atoms in total. The van der Waals surface area contributed by atoms with Gasteiger partial charge in [0.1, 0.15) is 17.6 Å². The molecule has 0 aliphatic carbocycles. The van der Waals surface area contributed by atoms with Gasteiger partial charge in [-0.3, -0.25) is 4.79 Å². The second-order valence-electron chi connectivity index (χ2n) is 7.42. The zero-order chi connectivity index (χ0) is 21.4. The van der Waals surface area contributed by atoms with E-state index in [0.29, 0.717) is 28.6 Å². The fourth-order valence-electron chi connectivity index (χ4n) is 3.64. The summed E-state index contributed by atoms with van der Waals surface area (Å²) in [6.45, 7) is 8.23. The normalized spacial score (nSPS) is 14.9. The van der Waals surface area contributed by atoms with Gasteiger partial charge in [0.15, 0.2) is 0 Å². The summed E-state index contributed by atoms with van der Waals surface area (Å²) >= 11 is 6.24. The van der Waals surface area contributed by atoms with Crippen LogP contribution in [0.25, 0.3) is 5.69 Å². The van der Waals surface area contributed by atoms with Crippen molar-refractivity contribution in [2.45, 2.75) is 40.2 Å². The number of nitrogens with zero attached hydrogens (tertiary/aromatic N) is 2. The van der Waals surface area contributed by atoms with Gasteiger partial charge in [0.25, 0.3) is 5.91 Å². The van der Waals surface area contributed by atoms with Crippen molar-refractivity contribution in [2.75, 3.05) is 11.9 Å². The molecule has 1 amide bonds. The van der Waals surface area contributed by atoms with Crippen LogP contribution in [0.4, 0.5) is 5.69 Å². The number of benzene rings is 2.